The molecule has 0 amide bonds. The van der Waals surface area contributed by atoms with Gasteiger partial charge in [-0.3, -0.25) is 33.7 Å². The third-order valence-electron chi connectivity index (χ3n) is 0. The molecule has 0 N–H and O–H groups in total. The summed E-state index contributed by atoms with van der Waals surface area (Å²) < 4.78 is 136. The van der Waals surface area contributed by atoms with E-state index in [0.717, 1.165) is 0 Å². The van der Waals surface area contributed by atoms with E-state index in [1.54, 1.807) is 0 Å². The summed E-state index contributed by atoms with van der Waals surface area (Å²) in [6, 6.07) is 0. The van der Waals surface area contributed by atoms with E-state index in [1.165, 1.54) is 0 Å². The van der Waals surface area contributed by atoms with Gasteiger partial charge in [-0.2, -0.15) is 34.4 Å². The molecule has 16 nitrogen and oxygen atoms in total. The molecule has 0 saturated carbocycles. The van der Waals surface area contributed by atoms with Gasteiger partial charge in [-0.25, -0.2) is 0 Å². The van der Waals surface area contributed by atoms with Crippen molar-refractivity contribution in [2.45, 2.75) is 0 Å². The van der Waals surface area contributed by atoms with Crippen LogP contribution in [0.15, 0.2) is 0 Å². The van der Waals surface area contributed by atoms with Crippen LogP contribution >= 0.6 is 34.4 Å². The van der Waals surface area contributed by atoms with Crippen molar-refractivity contribution < 1.29 is 106 Å². The minimum atomic E-state index is -5.17. The summed E-state index contributed by atoms with van der Waals surface area (Å²) in [5, 5.41) is 0. The minimum absolute atomic E-state index is 0. The van der Waals surface area contributed by atoms with Crippen LogP contribution in [0.3, 0.4) is 0 Å². The smallest absolute Gasteiger partial charge is 0.759 e. The van der Waals surface area contributed by atoms with Crippen molar-refractivity contribution in [3.63, 3.8) is 0 Å². The number of halogens is 3. The molecule has 0 aromatic rings. The molecule has 27 heteroatoms. The van der Waals surface area contributed by atoms with E-state index in [9.17, 15) is 0 Å². The number of hydrogen-bond acceptors (Lipinski definition) is 16. The van der Waals surface area contributed by atoms with E-state index in [1.807, 2.05) is 0 Å². The predicted molar refractivity (Wildman–Crippen MR) is 71.0 cm³/mol. The van der Waals surface area contributed by atoms with E-state index in [2.05, 4.69) is 0 Å². The first-order valence-corrected chi connectivity index (χ1v) is 9.96. The molecule has 0 radical (unpaired) electrons. The molecule has 27 heavy (non-hydrogen) atoms. The van der Waals surface area contributed by atoms with E-state index >= 15 is 0 Å². The van der Waals surface area contributed by atoms with Crippen molar-refractivity contribution >= 4 is 105 Å². The summed E-state index contributed by atoms with van der Waals surface area (Å²) in [5.41, 5.74) is 0. The van der Waals surface area contributed by atoms with Crippen LogP contribution in [-0.2, 0) is 77.6 Å². The maximum absolute atomic E-state index is 8.52. The third-order valence-corrected chi connectivity index (χ3v) is 0. The fourth-order valence-electron chi connectivity index (χ4n) is 0. The molecule has 0 atom stereocenters. The van der Waals surface area contributed by atoms with Gasteiger partial charge in [0.15, 0.2) is 0 Å². The SMILES string of the molecule is ClB(Cl)Cl.O=S(=O)([O-])[O-].O=S(=O)([O-])[O-].O=S(=O)([O-])[O-].O=S(=O)([O-])[O-].[Ni+2].[Sn+4].[Zn+2]. The first-order chi connectivity index (χ1) is 9.73. The second-order valence-corrected chi connectivity index (χ2v) is 7.13. The zero-order valence-electron chi connectivity index (χ0n) is 11.4. The molecule has 0 fully saturated rings. The van der Waals surface area contributed by atoms with Crippen LogP contribution in [-0.4, -0.2) is 99.0 Å². The Balaban J connectivity index is -0.0000000272. The predicted octanol–water partition coefficient (Wildman–Crippen LogP) is -4.05. The molecule has 0 aromatic heterocycles. The molecule has 160 valence electrons. The Kier molecular flexibility index (Phi) is 47.1. The quantitative estimate of drug-likeness (QED) is 0.129. The average Bonchev–Trinajstić information content (AvgIpc) is 1.82. The monoisotopic (exact) mass is 741 g/mol. The average molecular weight is 744 g/mol. The van der Waals surface area contributed by atoms with Gasteiger partial charge in [-0.15, -0.1) is 0 Å². The van der Waals surface area contributed by atoms with Crippen LogP contribution in [0.5, 0.6) is 0 Å². The standard InChI is InChI=1S/BCl3.Ni.4H2O4S.Sn.Zn/c2-1(3)4;;4*1-5(2,3)4;;/h;;4*(H2,1,2,3,4);;/q;+2;;;;;+4;+2/p-8. The van der Waals surface area contributed by atoms with E-state index in [0.29, 0.717) is 0 Å². The van der Waals surface area contributed by atoms with E-state index < -0.39 is 46.6 Å². The molecular weight excluding hydrogens is 744 g/mol. The van der Waals surface area contributed by atoms with E-state index in [4.69, 9.17) is 104 Å². The van der Waals surface area contributed by atoms with E-state index in [-0.39, 0.29) is 59.9 Å². The summed E-state index contributed by atoms with van der Waals surface area (Å²) >= 11 is 14.4. The fraction of sp³-hybridized carbons (Fsp3) is 0. The van der Waals surface area contributed by atoms with Gasteiger partial charge in [0.05, 0.1) is 0 Å². The van der Waals surface area contributed by atoms with Gasteiger partial charge < -0.3 is 36.4 Å². The van der Waals surface area contributed by atoms with Crippen LogP contribution in [0.4, 0.5) is 0 Å². The molecule has 0 saturated heterocycles. The second-order valence-electron chi connectivity index (χ2n) is 1.88. The summed E-state index contributed by atoms with van der Waals surface area (Å²) in [7, 11) is -20.7. The van der Waals surface area contributed by atoms with Crippen molar-refractivity contribution in [1.82, 2.24) is 0 Å². The largest absolute Gasteiger partial charge is 4.00 e. The molecule has 0 heterocycles. The summed E-state index contributed by atoms with van der Waals surface area (Å²) in [6.07, 6.45) is 0. The molecule has 0 rings (SSSR count). The Labute approximate surface area is 208 Å². The first kappa shape index (κ1) is 51.7. The molecule has 0 aromatic carbocycles. The maximum Gasteiger partial charge on any atom is 4.00 e. The van der Waals surface area contributed by atoms with Crippen LogP contribution in [0, 0.1) is 0 Å². The second kappa shape index (κ2) is 24.6. The summed E-state index contributed by atoms with van der Waals surface area (Å²) in [4.78, 5) is -0.750. The van der Waals surface area contributed by atoms with Gasteiger partial charge in [0.1, 0.15) is 0 Å². The molecular formula is BCl3NiO16S4SnZn. The Morgan fingerprint density at radius 2 is 0.481 bits per heavy atom. The van der Waals surface area contributed by atoms with Gasteiger partial charge in [-0.1, -0.05) is 0 Å². The van der Waals surface area contributed by atoms with Crippen molar-refractivity contribution in [1.29, 1.82) is 0 Å². The topological polar surface area (TPSA) is 321 Å². The Bertz CT molecular complexity index is 544. The minimum Gasteiger partial charge on any atom is -0.759 e. The maximum atomic E-state index is 8.52. The summed E-state index contributed by atoms with van der Waals surface area (Å²) in [6.45, 7) is 0. The van der Waals surface area contributed by atoms with Crippen LogP contribution in [0.1, 0.15) is 0 Å². The fourth-order valence-corrected chi connectivity index (χ4v) is 0. The van der Waals surface area contributed by atoms with Gasteiger partial charge in [0.25, 0.3) is 0 Å². The van der Waals surface area contributed by atoms with Crippen molar-refractivity contribution in [3.8, 4) is 0 Å². The summed E-state index contributed by atoms with van der Waals surface area (Å²) in [5.74, 6) is 0. The Hall–Kier alpha value is 2.33. The van der Waals surface area contributed by atoms with Gasteiger partial charge in [-0.05, 0) is 0 Å². The van der Waals surface area contributed by atoms with Gasteiger partial charge >= 0.3 is 64.8 Å². The van der Waals surface area contributed by atoms with Crippen molar-refractivity contribution in [2.75, 3.05) is 0 Å². The normalized spacial score (nSPS) is 9.59. The third kappa shape index (κ3) is 3620. The van der Waals surface area contributed by atoms with Crippen LogP contribution < -0.4 is 0 Å². The van der Waals surface area contributed by atoms with Gasteiger partial charge in [0, 0.05) is 41.6 Å². The van der Waals surface area contributed by atoms with Gasteiger partial charge in [0.2, 0.25) is 0 Å². The van der Waals surface area contributed by atoms with Crippen LogP contribution in [0.25, 0.3) is 0 Å². The zero-order chi connectivity index (χ0) is 21.6. The van der Waals surface area contributed by atoms with Crippen molar-refractivity contribution in [2.24, 2.45) is 0 Å². The first-order valence-electron chi connectivity index (χ1n) is 3.32. The molecule has 0 aliphatic heterocycles. The number of hydrogen-bond donors (Lipinski definition) is 0. The number of rotatable bonds is 0. The molecule has 0 unspecified atom stereocenters. The zero-order valence-corrected chi connectivity index (χ0v) is 23.7. The molecule has 0 spiro atoms. The Morgan fingerprint density at radius 3 is 0.481 bits per heavy atom. The van der Waals surface area contributed by atoms with Crippen molar-refractivity contribution in [3.05, 3.63) is 0 Å². The van der Waals surface area contributed by atoms with Crippen LogP contribution in [0.2, 0.25) is 0 Å². The molecule has 0 bridgehead atoms. The molecule has 0 aliphatic rings. The Morgan fingerprint density at radius 1 is 0.481 bits per heavy atom. The molecule has 0 aliphatic carbocycles.